The Morgan fingerprint density at radius 2 is 2.11 bits per heavy atom. The lowest BCUT2D eigenvalue weighted by atomic mass is 9.75. The molecule has 1 amide bonds. The zero-order valence-corrected chi connectivity index (χ0v) is 16.0. The van der Waals surface area contributed by atoms with Gasteiger partial charge in [-0.05, 0) is 57.5 Å². The molecule has 142 valence electrons. The maximum atomic E-state index is 12.7. The number of ether oxygens (including phenoxy) is 1. The van der Waals surface area contributed by atoms with Crippen LogP contribution in [-0.4, -0.2) is 64.5 Å². The number of aromatic nitrogens is 2. The molecule has 4 rings (SSSR count). The first-order valence-corrected chi connectivity index (χ1v) is 9.54. The summed E-state index contributed by atoms with van der Waals surface area (Å²) in [4.78, 5) is 25.7. The zero-order chi connectivity index (χ0) is 18.9. The van der Waals surface area contributed by atoms with Gasteiger partial charge in [0.05, 0.1) is 12.1 Å². The van der Waals surface area contributed by atoms with Crippen molar-refractivity contribution < 1.29 is 9.53 Å². The van der Waals surface area contributed by atoms with Crippen molar-refractivity contribution in [3.05, 3.63) is 54.0 Å². The van der Waals surface area contributed by atoms with Gasteiger partial charge in [0.2, 0.25) is 5.88 Å². The summed E-state index contributed by atoms with van der Waals surface area (Å²) >= 11 is 0. The van der Waals surface area contributed by atoms with Gasteiger partial charge in [-0.1, -0.05) is 12.1 Å². The highest BCUT2D eigenvalue weighted by atomic mass is 16.5. The number of nitrogens with zero attached hydrogens (tertiary/aromatic N) is 4. The molecule has 0 saturated carbocycles. The van der Waals surface area contributed by atoms with Crippen LogP contribution < -0.4 is 4.74 Å². The van der Waals surface area contributed by atoms with Crippen molar-refractivity contribution in [3.8, 4) is 5.88 Å². The fraction of sp³-hybridized carbons (Fsp3) is 0.476. The molecule has 0 unspecified atom stereocenters. The largest absolute Gasteiger partial charge is 0.477 e. The van der Waals surface area contributed by atoms with Crippen LogP contribution in [0.4, 0.5) is 0 Å². The van der Waals surface area contributed by atoms with Crippen molar-refractivity contribution in [1.82, 2.24) is 19.8 Å². The van der Waals surface area contributed by atoms with Crippen LogP contribution in [0.15, 0.2) is 42.6 Å². The Hall–Kier alpha value is -2.47. The number of carbonyl (C=O) groups is 1. The van der Waals surface area contributed by atoms with Gasteiger partial charge < -0.3 is 9.64 Å². The molecule has 0 bridgehead atoms. The molecule has 2 aromatic heterocycles. The summed E-state index contributed by atoms with van der Waals surface area (Å²) in [6.45, 7) is 5.15. The predicted octanol–water partition coefficient (Wildman–Crippen LogP) is 2.40. The van der Waals surface area contributed by atoms with E-state index in [9.17, 15) is 4.79 Å². The van der Waals surface area contributed by atoms with Gasteiger partial charge in [0, 0.05) is 31.0 Å². The van der Waals surface area contributed by atoms with E-state index in [1.165, 1.54) is 0 Å². The average Bonchev–Trinajstić information content (AvgIpc) is 2.66. The summed E-state index contributed by atoms with van der Waals surface area (Å²) in [7, 11) is 2.17. The van der Waals surface area contributed by atoms with E-state index in [2.05, 4.69) is 21.9 Å². The first kappa shape index (κ1) is 17.9. The molecule has 2 saturated heterocycles. The summed E-state index contributed by atoms with van der Waals surface area (Å²) in [5.41, 5.74) is 1.48. The molecular formula is C21H26N4O2. The summed E-state index contributed by atoms with van der Waals surface area (Å²) < 4.78 is 5.88. The van der Waals surface area contributed by atoms with Gasteiger partial charge in [-0.3, -0.25) is 9.69 Å². The maximum Gasteiger partial charge on any atom is 0.272 e. The van der Waals surface area contributed by atoms with Crippen LogP contribution in [-0.2, 0) is 0 Å². The fourth-order valence-electron chi connectivity index (χ4n) is 4.19. The van der Waals surface area contributed by atoms with Crippen molar-refractivity contribution >= 4 is 5.91 Å². The standard InChI is InChI=1S/C21H26N4O2/c1-16-6-5-7-18(23-16)20(26)25-14-21(15-25)12-17(9-11-24(21)2)13-27-19-8-3-4-10-22-19/h3-8,10,17H,9,11-15H2,1-2H3/t17-/m0/s1. The second kappa shape index (κ2) is 7.27. The maximum absolute atomic E-state index is 12.7. The van der Waals surface area contributed by atoms with Gasteiger partial charge >= 0.3 is 0 Å². The monoisotopic (exact) mass is 366 g/mol. The normalized spacial score (nSPS) is 21.7. The van der Waals surface area contributed by atoms with Crippen molar-refractivity contribution in [2.75, 3.05) is 33.3 Å². The summed E-state index contributed by atoms with van der Waals surface area (Å²) in [6, 6.07) is 11.3. The van der Waals surface area contributed by atoms with Crippen molar-refractivity contribution in [2.24, 2.45) is 5.92 Å². The molecule has 2 aliphatic heterocycles. The number of likely N-dealkylation sites (tertiary alicyclic amines) is 2. The first-order chi connectivity index (χ1) is 13.1. The molecule has 2 aliphatic rings. The number of hydrogen-bond donors (Lipinski definition) is 0. The third-order valence-electron chi connectivity index (χ3n) is 5.82. The molecule has 2 aromatic rings. The molecule has 4 heterocycles. The van der Waals surface area contributed by atoms with Gasteiger partial charge in [0.25, 0.3) is 5.91 Å². The van der Waals surface area contributed by atoms with Gasteiger partial charge in [-0.25, -0.2) is 9.97 Å². The molecule has 1 spiro atoms. The molecular weight excluding hydrogens is 340 g/mol. The lowest BCUT2D eigenvalue weighted by molar-refractivity contribution is -0.0697. The van der Waals surface area contributed by atoms with Crippen LogP contribution in [0.25, 0.3) is 0 Å². The molecule has 27 heavy (non-hydrogen) atoms. The van der Waals surface area contributed by atoms with Crippen molar-refractivity contribution in [2.45, 2.75) is 25.3 Å². The number of piperidine rings is 1. The number of pyridine rings is 2. The SMILES string of the molecule is Cc1cccc(C(=O)N2CC3(C[C@@H](COc4ccccn4)CCN3C)C2)n1. The zero-order valence-electron chi connectivity index (χ0n) is 16.0. The van der Waals surface area contributed by atoms with E-state index in [0.29, 0.717) is 24.1 Å². The van der Waals surface area contributed by atoms with Crippen LogP contribution in [0.2, 0.25) is 0 Å². The molecule has 1 atom stereocenters. The van der Waals surface area contributed by atoms with E-state index in [0.717, 1.165) is 38.2 Å². The predicted molar refractivity (Wildman–Crippen MR) is 103 cm³/mol. The summed E-state index contributed by atoms with van der Waals surface area (Å²) in [5.74, 6) is 1.20. The van der Waals surface area contributed by atoms with Gasteiger partial charge in [-0.2, -0.15) is 0 Å². The van der Waals surface area contributed by atoms with E-state index in [-0.39, 0.29) is 11.4 Å². The summed E-state index contributed by atoms with van der Waals surface area (Å²) in [5, 5.41) is 0. The van der Waals surface area contributed by atoms with E-state index in [4.69, 9.17) is 4.74 Å². The molecule has 6 nitrogen and oxygen atoms in total. The number of aryl methyl sites for hydroxylation is 1. The number of likely N-dealkylation sites (N-methyl/N-ethyl adjacent to an activating group) is 1. The number of rotatable bonds is 4. The fourth-order valence-corrected chi connectivity index (χ4v) is 4.19. The Kier molecular flexibility index (Phi) is 4.83. The van der Waals surface area contributed by atoms with Crippen molar-refractivity contribution in [3.63, 3.8) is 0 Å². The highest BCUT2D eigenvalue weighted by Crippen LogP contribution is 2.38. The topological polar surface area (TPSA) is 58.6 Å². The summed E-state index contributed by atoms with van der Waals surface area (Å²) in [6.07, 6.45) is 3.90. The number of amides is 1. The van der Waals surface area contributed by atoms with Gasteiger partial charge in [0.15, 0.2) is 0 Å². The average molecular weight is 366 g/mol. The molecule has 0 aromatic carbocycles. The smallest absolute Gasteiger partial charge is 0.272 e. The Morgan fingerprint density at radius 3 is 2.85 bits per heavy atom. The van der Waals surface area contributed by atoms with E-state index in [1.54, 1.807) is 12.3 Å². The van der Waals surface area contributed by atoms with E-state index < -0.39 is 0 Å². The lowest BCUT2D eigenvalue weighted by Gasteiger charge is -2.58. The van der Waals surface area contributed by atoms with Crippen molar-refractivity contribution in [1.29, 1.82) is 0 Å². The highest BCUT2D eigenvalue weighted by molar-refractivity contribution is 5.93. The Bertz CT molecular complexity index is 805. The van der Waals surface area contributed by atoms with Crippen LogP contribution in [0.5, 0.6) is 5.88 Å². The molecule has 6 heteroatoms. The highest BCUT2D eigenvalue weighted by Gasteiger charge is 2.51. The Balaban J connectivity index is 1.36. The molecule has 0 N–H and O–H groups in total. The molecule has 2 fully saturated rings. The van der Waals surface area contributed by atoms with Gasteiger partial charge in [0.1, 0.15) is 5.69 Å². The number of carbonyl (C=O) groups excluding carboxylic acids is 1. The Labute approximate surface area is 160 Å². The Morgan fingerprint density at radius 1 is 1.26 bits per heavy atom. The van der Waals surface area contributed by atoms with Crippen LogP contribution >= 0.6 is 0 Å². The third-order valence-corrected chi connectivity index (χ3v) is 5.82. The van der Waals surface area contributed by atoms with Gasteiger partial charge in [-0.15, -0.1) is 0 Å². The number of hydrogen-bond acceptors (Lipinski definition) is 5. The van der Waals surface area contributed by atoms with E-state index in [1.807, 2.05) is 42.2 Å². The third kappa shape index (κ3) is 3.67. The molecule has 0 radical (unpaired) electrons. The minimum atomic E-state index is 0.0320. The second-order valence-corrected chi connectivity index (χ2v) is 7.81. The minimum absolute atomic E-state index is 0.0320. The van der Waals surface area contributed by atoms with Crippen LogP contribution in [0.3, 0.4) is 0 Å². The van der Waals surface area contributed by atoms with Crippen LogP contribution in [0, 0.1) is 12.8 Å². The molecule has 0 aliphatic carbocycles. The second-order valence-electron chi connectivity index (χ2n) is 7.81. The first-order valence-electron chi connectivity index (χ1n) is 9.54. The van der Waals surface area contributed by atoms with Crippen LogP contribution in [0.1, 0.15) is 29.0 Å². The quantitative estimate of drug-likeness (QED) is 0.832. The minimum Gasteiger partial charge on any atom is -0.477 e. The lowest BCUT2D eigenvalue weighted by Crippen LogP contribution is -2.72. The van der Waals surface area contributed by atoms with E-state index >= 15 is 0 Å².